The minimum Gasteiger partial charge on any atom is -0.0654 e. The summed E-state index contributed by atoms with van der Waals surface area (Å²) in [6, 6.07) is 0. The summed E-state index contributed by atoms with van der Waals surface area (Å²) in [7, 11) is 0. The first-order valence-electron chi connectivity index (χ1n) is 8.02. The smallest absolute Gasteiger partial charge is 0.0386 e. The van der Waals surface area contributed by atoms with Crippen molar-refractivity contribution in [1.29, 1.82) is 0 Å². The molecule has 0 aromatic rings. The Morgan fingerprint density at radius 1 is 0.647 bits per heavy atom. The van der Waals surface area contributed by atoms with E-state index in [1.165, 1.54) is 83.5 Å². The molecule has 0 spiro atoms. The van der Waals surface area contributed by atoms with Gasteiger partial charge in [-0.3, -0.25) is 0 Å². The van der Waals surface area contributed by atoms with Crippen LogP contribution in [-0.4, -0.2) is 0 Å². The monoisotopic (exact) mass is 238 g/mol. The van der Waals surface area contributed by atoms with Crippen molar-refractivity contribution in [1.82, 2.24) is 0 Å². The fourth-order valence-corrected chi connectivity index (χ4v) is 2.24. The summed E-state index contributed by atoms with van der Waals surface area (Å²) in [6.07, 6.45) is 21.9. The van der Waals surface area contributed by atoms with Crippen molar-refractivity contribution in [2.45, 2.75) is 96.8 Å². The predicted octanol–water partition coefficient (Wildman–Crippen LogP) is 6.51. The number of rotatable bonds is 14. The molecule has 17 heavy (non-hydrogen) atoms. The summed E-state index contributed by atoms with van der Waals surface area (Å²) in [5.41, 5.74) is 0. The molecular weight excluding hydrogens is 204 g/mol. The molecule has 0 N–H and O–H groups in total. The highest BCUT2D eigenvalue weighted by Gasteiger charge is 1.93. The molecule has 102 valence electrons. The molecule has 0 rings (SSSR count). The van der Waals surface area contributed by atoms with Crippen molar-refractivity contribution in [2.24, 2.45) is 0 Å². The molecule has 0 aromatic heterocycles. The maximum atomic E-state index is 3.85. The highest BCUT2D eigenvalue weighted by Crippen LogP contribution is 2.12. The third-order valence-electron chi connectivity index (χ3n) is 3.42. The van der Waals surface area contributed by atoms with Crippen LogP contribution in [0.2, 0.25) is 0 Å². The fourth-order valence-electron chi connectivity index (χ4n) is 2.24. The van der Waals surface area contributed by atoms with Crippen LogP contribution in [0.1, 0.15) is 96.8 Å². The van der Waals surface area contributed by atoms with Gasteiger partial charge in [-0.1, -0.05) is 104 Å². The van der Waals surface area contributed by atoms with Crippen LogP contribution in [0.15, 0.2) is 0 Å². The van der Waals surface area contributed by atoms with Crippen molar-refractivity contribution >= 4 is 0 Å². The largest absolute Gasteiger partial charge is 0.0654 e. The van der Waals surface area contributed by atoms with E-state index < -0.39 is 0 Å². The van der Waals surface area contributed by atoms with Crippen LogP contribution in [0.3, 0.4) is 0 Å². The topological polar surface area (TPSA) is 0 Å². The third kappa shape index (κ3) is 16.0. The first-order chi connectivity index (χ1) is 8.41. The molecule has 0 heterocycles. The second-order valence-corrected chi connectivity index (χ2v) is 5.26. The molecule has 2 radical (unpaired) electrons. The Balaban J connectivity index is 2.85. The summed E-state index contributed by atoms with van der Waals surface area (Å²) in [5, 5.41) is 0. The molecule has 0 fully saturated rings. The minimum atomic E-state index is 1.07. The molecule has 0 amide bonds. The highest BCUT2D eigenvalue weighted by molar-refractivity contribution is 4.64. The van der Waals surface area contributed by atoms with Crippen molar-refractivity contribution in [2.75, 3.05) is 0 Å². The van der Waals surface area contributed by atoms with Gasteiger partial charge in [-0.05, 0) is 6.42 Å². The summed E-state index contributed by atoms with van der Waals surface area (Å²) in [6.45, 7) is 6.13. The van der Waals surface area contributed by atoms with Crippen LogP contribution in [0.4, 0.5) is 0 Å². The standard InChI is InChI=1S/C17H34/c1-3-5-7-9-11-13-15-17-16-14-12-10-8-6-4-2/h7H,1,3-6,8-17H2,2H3. The van der Waals surface area contributed by atoms with E-state index in [1.54, 1.807) is 0 Å². The lowest BCUT2D eigenvalue weighted by Crippen LogP contribution is -1.83. The lowest BCUT2D eigenvalue weighted by molar-refractivity contribution is 0.548. The van der Waals surface area contributed by atoms with E-state index in [4.69, 9.17) is 0 Å². The van der Waals surface area contributed by atoms with Crippen molar-refractivity contribution in [3.63, 3.8) is 0 Å². The van der Waals surface area contributed by atoms with Crippen molar-refractivity contribution in [3.05, 3.63) is 13.3 Å². The highest BCUT2D eigenvalue weighted by atomic mass is 14.0. The van der Waals surface area contributed by atoms with E-state index >= 15 is 0 Å². The molecular formula is C17H34. The Bertz CT molecular complexity index is 103. The fraction of sp³-hybridized carbons (Fsp3) is 0.882. The average Bonchev–Trinajstić information content (AvgIpc) is 2.35. The van der Waals surface area contributed by atoms with E-state index in [1.807, 2.05) is 0 Å². The van der Waals surface area contributed by atoms with E-state index in [-0.39, 0.29) is 0 Å². The van der Waals surface area contributed by atoms with Crippen LogP contribution in [0.25, 0.3) is 0 Å². The predicted molar refractivity (Wildman–Crippen MR) is 80.0 cm³/mol. The maximum absolute atomic E-state index is 3.85. The molecule has 0 aliphatic carbocycles. The molecule has 0 heteroatoms. The summed E-state index contributed by atoms with van der Waals surface area (Å²) in [4.78, 5) is 0. The zero-order valence-corrected chi connectivity index (χ0v) is 12.2. The van der Waals surface area contributed by atoms with Gasteiger partial charge in [0, 0.05) is 0 Å². The summed E-state index contributed by atoms with van der Waals surface area (Å²) in [5.74, 6) is 0. The van der Waals surface area contributed by atoms with Crippen LogP contribution >= 0.6 is 0 Å². The Hall–Kier alpha value is 0. The molecule has 0 unspecified atom stereocenters. The molecule has 0 aliphatic heterocycles. The zero-order valence-electron chi connectivity index (χ0n) is 12.2. The average molecular weight is 238 g/mol. The van der Waals surface area contributed by atoms with Crippen LogP contribution in [0, 0.1) is 13.3 Å². The van der Waals surface area contributed by atoms with Crippen molar-refractivity contribution < 1.29 is 0 Å². The summed E-state index contributed by atoms with van der Waals surface area (Å²) < 4.78 is 0. The molecule has 0 aromatic carbocycles. The van der Waals surface area contributed by atoms with E-state index in [0.717, 1.165) is 6.42 Å². The zero-order chi connectivity index (χ0) is 12.6. The number of hydrogen-bond acceptors (Lipinski definition) is 0. The van der Waals surface area contributed by atoms with Gasteiger partial charge in [0.25, 0.3) is 0 Å². The molecule has 0 saturated heterocycles. The van der Waals surface area contributed by atoms with Gasteiger partial charge in [-0.25, -0.2) is 0 Å². The molecule has 0 saturated carbocycles. The van der Waals surface area contributed by atoms with E-state index in [9.17, 15) is 0 Å². The van der Waals surface area contributed by atoms with Gasteiger partial charge < -0.3 is 0 Å². The van der Waals surface area contributed by atoms with E-state index in [0.29, 0.717) is 0 Å². The third-order valence-corrected chi connectivity index (χ3v) is 3.42. The van der Waals surface area contributed by atoms with Gasteiger partial charge >= 0.3 is 0 Å². The number of hydrogen-bond donors (Lipinski definition) is 0. The van der Waals surface area contributed by atoms with E-state index in [2.05, 4.69) is 20.3 Å². The van der Waals surface area contributed by atoms with Gasteiger partial charge in [0.15, 0.2) is 0 Å². The molecule has 0 atom stereocenters. The second kappa shape index (κ2) is 16.0. The first kappa shape index (κ1) is 17.0. The van der Waals surface area contributed by atoms with Crippen molar-refractivity contribution in [3.8, 4) is 0 Å². The molecule has 0 nitrogen and oxygen atoms in total. The summed E-state index contributed by atoms with van der Waals surface area (Å²) >= 11 is 0. The number of unbranched alkanes of at least 4 members (excludes halogenated alkanes) is 14. The van der Waals surface area contributed by atoms with Gasteiger partial charge in [0.2, 0.25) is 0 Å². The first-order valence-corrected chi connectivity index (χ1v) is 8.02. The normalized spacial score (nSPS) is 10.9. The maximum Gasteiger partial charge on any atom is -0.0386 e. The van der Waals surface area contributed by atoms with Gasteiger partial charge in [-0.2, -0.15) is 0 Å². The quantitative estimate of drug-likeness (QED) is 0.303. The van der Waals surface area contributed by atoms with Gasteiger partial charge in [0.1, 0.15) is 0 Å². The Kier molecular flexibility index (Phi) is 16.0. The van der Waals surface area contributed by atoms with Gasteiger partial charge in [0.05, 0.1) is 0 Å². The van der Waals surface area contributed by atoms with Crippen LogP contribution in [0.5, 0.6) is 0 Å². The Morgan fingerprint density at radius 3 is 1.59 bits per heavy atom. The second-order valence-electron chi connectivity index (χ2n) is 5.26. The Labute approximate surface area is 111 Å². The van der Waals surface area contributed by atoms with Crippen LogP contribution < -0.4 is 0 Å². The molecule has 0 aliphatic rings. The lowest BCUT2D eigenvalue weighted by Gasteiger charge is -2.02. The minimum absolute atomic E-state index is 1.07. The van der Waals surface area contributed by atoms with Crippen LogP contribution in [-0.2, 0) is 0 Å². The SMILES string of the molecule is [CH2]CC[CH]CCCCCCCCCCCCC. The molecule has 0 bridgehead atoms. The lowest BCUT2D eigenvalue weighted by atomic mass is 10.0. The van der Waals surface area contributed by atoms with Gasteiger partial charge in [-0.15, -0.1) is 0 Å². The Morgan fingerprint density at radius 2 is 1.12 bits per heavy atom.